The Balaban J connectivity index is 2.07. The Bertz CT molecular complexity index is 598. The zero-order valence-electron chi connectivity index (χ0n) is 12.7. The van der Waals surface area contributed by atoms with Crippen LogP contribution in [0.5, 0.6) is 0 Å². The third kappa shape index (κ3) is 2.68. The van der Waals surface area contributed by atoms with Crippen LogP contribution in [0.25, 0.3) is 11.4 Å². The van der Waals surface area contributed by atoms with Crippen LogP contribution >= 0.6 is 0 Å². The van der Waals surface area contributed by atoms with Crippen molar-refractivity contribution in [1.29, 1.82) is 0 Å². The molecule has 0 radical (unpaired) electrons. The second-order valence-corrected chi connectivity index (χ2v) is 5.92. The maximum absolute atomic E-state index is 6.43. The first-order valence-electron chi connectivity index (χ1n) is 7.69. The van der Waals surface area contributed by atoms with Gasteiger partial charge in [-0.05, 0) is 26.7 Å². The molecule has 2 N–H and O–H groups in total. The van der Waals surface area contributed by atoms with E-state index in [-0.39, 0.29) is 0 Å². The quantitative estimate of drug-likeness (QED) is 0.937. The van der Waals surface area contributed by atoms with Crippen molar-refractivity contribution in [1.82, 2.24) is 9.55 Å². The third-order valence-corrected chi connectivity index (χ3v) is 4.13. The lowest BCUT2D eigenvalue weighted by molar-refractivity contribution is 0.0847. The maximum atomic E-state index is 6.43. The molecule has 1 fully saturated rings. The van der Waals surface area contributed by atoms with Gasteiger partial charge in [0.15, 0.2) is 0 Å². The average molecular weight is 285 g/mol. The van der Waals surface area contributed by atoms with Gasteiger partial charge >= 0.3 is 0 Å². The van der Waals surface area contributed by atoms with E-state index in [9.17, 15) is 0 Å². The molecule has 0 unspecified atom stereocenters. The van der Waals surface area contributed by atoms with Crippen LogP contribution in [-0.4, -0.2) is 22.8 Å². The van der Waals surface area contributed by atoms with Crippen LogP contribution in [0.15, 0.2) is 30.3 Å². The second-order valence-electron chi connectivity index (χ2n) is 5.92. The third-order valence-electron chi connectivity index (χ3n) is 4.13. The number of nitrogens with two attached hydrogens (primary N) is 1. The van der Waals surface area contributed by atoms with Gasteiger partial charge in [-0.25, -0.2) is 4.98 Å². The van der Waals surface area contributed by atoms with Gasteiger partial charge in [0.1, 0.15) is 11.6 Å². The summed E-state index contributed by atoms with van der Waals surface area (Å²) >= 11 is 0. The molecule has 2 heterocycles. The van der Waals surface area contributed by atoms with Crippen molar-refractivity contribution >= 4 is 5.82 Å². The van der Waals surface area contributed by atoms with Crippen molar-refractivity contribution in [2.75, 3.05) is 18.9 Å². The molecule has 0 amide bonds. The highest BCUT2D eigenvalue weighted by Gasteiger charge is 2.25. The molecule has 4 heteroatoms. The molecule has 1 aromatic carbocycles. The molecule has 1 aliphatic heterocycles. The van der Waals surface area contributed by atoms with E-state index in [2.05, 4.69) is 30.5 Å². The number of imidazole rings is 1. The van der Waals surface area contributed by atoms with Crippen LogP contribution in [0.1, 0.15) is 44.3 Å². The van der Waals surface area contributed by atoms with Crippen LogP contribution in [0.4, 0.5) is 5.82 Å². The molecule has 2 aromatic rings. The molecule has 1 aromatic heterocycles. The molecular formula is C17H23N3O. The summed E-state index contributed by atoms with van der Waals surface area (Å²) in [6, 6.07) is 10.6. The van der Waals surface area contributed by atoms with Crippen molar-refractivity contribution in [2.24, 2.45) is 0 Å². The Labute approximate surface area is 125 Å². The Morgan fingerprint density at radius 3 is 2.48 bits per heavy atom. The van der Waals surface area contributed by atoms with Crippen molar-refractivity contribution < 1.29 is 4.74 Å². The average Bonchev–Trinajstić information content (AvgIpc) is 2.87. The standard InChI is InChI=1S/C17H23N3O/c1-12(2)20-16(18)15(13-8-10-21-11-9-13)19-17(20)14-6-4-3-5-7-14/h3-7,12-13H,8-11,18H2,1-2H3. The Morgan fingerprint density at radius 1 is 1.19 bits per heavy atom. The van der Waals surface area contributed by atoms with Crippen LogP contribution < -0.4 is 5.73 Å². The molecule has 112 valence electrons. The fraction of sp³-hybridized carbons (Fsp3) is 0.471. The smallest absolute Gasteiger partial charge is 0.142 e. The van der Waals surface area contributed by atoms with Gasteiger partial charge in [0.05, 0.1) is 5.69 Å². The topological polar surface area (TPSA) is 53.1 Å². The summed E-state index contributed by atoms with van der Waals surface area (Å²) in [7, 11) is 0. The molecule has 4 nitrogen and oxygen atoms in total. The van der Waals surface area contributed by atoms with Crippen LogP contribution in [0, 0.1) is 0 Å². The maximum Gasteiger partial charge on any atom is 0.142 e. The fourth-order valence-corrected chi connectivity index (χ4v) is 3.05. The van der Waals surface area contributed by atoms with E-state index in [1.165, 1.54) is 0 Å². The number of ether oxygens (including phenoxy) is 1. The Morgan fingerprint density at radius 2 is 1.86 bits per heavy atom. The van der Waals surface area contributed by atoms with E-state index in [4.69, 9.17) is 15.5 Å². The highest BCUT2D eigenvalue weighted by atomic mass is 16.5. The predicted octanol–water partition coefficient (Wildman–Crippen LogP) is 3.61. The summed E-state index contributed by atoms with van der Waals surface area (Å²) in [5.74, 6) is 2.21. The van der Waals surface area contributed by atoms with E-state index in [0.29, 0.717) is 12.0 Å². The molecule has 3 rings (SSSR count). The fourth-order valence-electron chi connectivity index (χ4n) is 3.05. The molecular weight excluding hydrogens is 262 g/mol. The molecule has 0 spiro atoms. The summed E-state index contributed by atoms with van der Waals surface area (Å²) < 4.78 is 7.61. The van der Waals surface area contributed by atoms with E-state index in [0.717, 1.165) is 49.0 Å². The van der Waals surface area contributed by atoms with Gasteiger partial charge in [-0.3, -0.25) is 0 Å². The van der Waals surface area contributed by atoms with Crippen molar-refractivity contribution in [2.45, 2.75) is 38.6 Å². The number of nitrogens with zero attached hydrogens (tertiary/aromatic N) is 2. The second kappa shape index (κ2) is 5.90. The highest BCUT2D eigenvalue weighted by molar-refractivity contribution is 5.61. The first-order valence-corrected chi connectivity index (χ1v) is 7.69. The van der Waals surface area contributed by atoms with Crippen molar-refractivity contribution in [3.05, 3.63) is 36.0 Å². The van der Waals surface area contributed by atoms with Gasteiger partial charge in [-0.15, -0.1) is 0 Å². The summed E-state index contributed by atoms with van der Waals surface area (Å²) in [6.07, 6.45) is 2.01. The monoisotopic (exact) mass is 285 g/mol. The molecule has 1 saturated heterocycles. The van der Waals surface area contributed by atoms with Gasteiger partial charge < -0.3 is 15.0 Å². The lowest BCUT2D eigenvalue weighted by Crippen LogP contribution is -2.16. The van der Waals surface area contributed by atoms with Gasteiger partial charge in [0.25, 0.3) is 0 Å². The summed E-state index contributed by atoms with van der Waals surface area (Å²) in [6.45, 7) is 5.91. The lowest BCUT2D eigenvalue weighted by Gasteiger charge is -2.21. The summed E-state index contributed by atoms with van der Waals surface area (Å²) in [5.41, 5.74) is 8.60. The molecule has 21 heavy (non-hydrogen) atoms. The number of nitrogen functional groups attached to an aromatic ring is 1. The number of hydrogen-bond donors (Lipinski definition) is 1. The normalized spacial score (nSPS) is 16.5. The number of rotatable bonds is 3. The van der Waals surface area contributed by atoms with Crippen molar-refractivity contribution in [3.8, 4) is 11.4 Å². The minimum absolute atomic E-state index is 0.293. The number of benzene rings is 1. The minimum Gasteiger partial charge on any atom is -0.384 e. The highest BCUT2D eigenvalue weighted by Crippen LogP contribution is 2.35. The van der Waals surface area contributed by atoms with Gasteiger partial charge in [-0.1, -0.05) is 30.3 Å². The first-order chi connectivity index (χ1) is 10.2. The molecule has 0 atom stereocenters. The summed E-state index contributed by atoms with van der Waals surface area (Å²) in [4.78, 5) is 4.91. The largest absolute Gasteiger partial charge is 0.384 e. The SMILES string of the molecule is CC(C)n1c(-c2ccccc2)nc(C2CCOCC2)c1N. The number of aromatic nitrogens is 2. The Hall–Kier alpha value is -1.81. The molecule has 1 aliphatic rings. The van der Waals surface area contributed by atoms with Gasteiger partial charge in [-0.2, -0.15) is 0 Å². The lowest BCUT2D eigenvalue weighted by atomic mass is 9.96. The van der Waals surface area contributed by atoms with Gasteiger partial charge in [0.2, 0.25) is 0 Å². The Kier molecular flexibility index (Phi) is 3.97. The van der Waals surface area contributed by atoms with Crippen LogP contribution in [-0.2, 0) is 4.74 Å². The number of hydrogen-bond acceptors (Lipinski definition) is 3. The van der Waals surface area contributed by atoms with Crippen LogP contribution in [0.2, 0.25) is 0 Å². The van der Waals surface area contributed by atoms with E-state index in [1.807, 2.05) is 18.2 Å². The first kappa shape index (κ1) is 14.1. The number of anilines is 1. The molecule has 0 bridgehead atoms. The zero-order valence-corrected chi connectivity index (χ0v) is 12.7. The molecule has 0 saturated carbocycles. The van der Waals surface area contributed by atoms with E-state index >= 15 is 0 Å². The minimum atomic E-state index is 0.293. The van der Waals surface area contributed by atoms with Crippen molar-refractivity contribution in [3.63, 3.8) is 0 Å². The van der Waals surface area contributed by atoms with Crippen LogP contribution in [0.3, 0.4) is 0 Å². The summed E-state index contributed by atoms with van der Waals surface area (Å²) in [5, 5.41) is 0. The van der Waals surface area contributed by atoms with E-state index in [1.54, 1.807) is 0 Å². The molecule has 0 aliphatic carbocycles. The predicted molar refractivity (Wildman–Crippen MR) is 85.3 cm³/mol. The van der Waals surface area contributed by atoms with Gasteiger partial charge in [0, 0.05) is 30.7 Å². The zero-order chi connectivity index (χ0) is 14.8. The van der Waals surface area contributed by atoms with E-state index < -0.39 is 0 Å².